The minimum atomic E-state index is 0.207. The number of fused-ring (bicyclic) bond motifs is 2. The first kappa shape index (κ1) is 19.0. The Morgan fingerprint density at radius 2 is 1.74 bits per heavy atom. The molecule has 2 heterocycles. The van der Waals surface area contributed by atoms with Gasteiger partial charge in [-0.1, -0.05) is 36.4 Å². The monoisotopic (exact) mass is 400 g/mol. The van der Waals surface area contributed by atoms with E-state index in [2.05, 4.69) is 41.1 Å². The minimum absolute atomic E-state index is 0.207. The molecule has 0 radical (unpaired) electrons. The van der Waals surface area contributed by atoms with Gasteiger partial charge in [-0.25, -0.2) is 0 Å². The van der Waals surface area contributed by atoms with E-state index in [4.69, 9.17) is 11.6 Å². The van der Waals surface area contributed by atoms with Crippen molar-refractivity contribution in [1.82, 2.24) is 9.80 Å². The van der Waals surface area contributed by atoms with E-state index in [1.54, 1.807) is 11.8 Å². The Balaban J connectivity index is 1.73. The third-order valence-corrected chi connectivity index (χ3v) is 7.05. The van der Waals surface area contributed by atoms with Gasteiger partial charge < -0.3 is 4.90 Å². The lowest BCUT2D eigenvalue weighted by Crippen LogP contribution is -2.46. The van der Waals surface area contributed by atoms with Gasteiger partial charge in [-0.05, 0) is 48.5 Å². The molecule has 1 fully saturated rings. The van der Waals surface area contributed by atoms with Gasteiger partial charge in [-0.2, -0.15) is 0 Å². The molecular formula is C22H25ClN2OS. The Morgan fingerprint density at radius 3 is 2.44 bits per heavy atom. The molecular weight excluding hydrogens is 376 g/mol. The molecule has 0 aliphatic carbocycles. The fourth-order valence-electron chi connectivity index (χ4n) is 3.95. The van der Waals surface area contributed by atoms with E-state index < -0.39 is 0 Å². The predicted octanol–water partition coefficient (Wildman–Crippen LogP) is 4.78. The topological polar surface area (TPSA) is 23.6 Å². The first-order valence-corrected chi connectivity index (χ1v) is 10.8. The van der Waals surface area contributed by atoms with Crippen LogP contribution in [0.1, 0.15) is 40.7 Å². The van der Waals surface area contributed by atoms with Crippen molar-refractivity contribution < 1.29 is 4.79 Å². The van der Waals surface area contributed by atoms with Crippen LogP contribution in [0.15, 0.2) is 46.2 Å². The number of hydrogen-bond donors (Lipinski definition) is 0. The molecule has 0 bridgehead atoms. The normalized spacial score (nSPS) is 20.2. The van der Waals surface area contributed by atoms with Crippen LogP contribution in [0.3, 0.4) is 0 Å². The van der Waals surface area contributed by atoms with Crippen LogP contribution in [-0.2, 0) is 0 Å². The smallest absolute Gasteiger partial charge is 0.162 e. The summed E-state index contributed by atoms with van der Waals surface area (Å²) in [6.45, 7) is 7.26. The highest BCUT2D eigenvalue weighted by Gasteiger charge is 2.29. The zero-order valence-corrected chi connectivity index (χ0v) is 17.4. The molecule has 3 nitrogen and oxygen atoms in total. The maximum absolute atomic E-state index is 12.3. The number of nitrogens with zero attached hydrogens (tertiary/aromatic N) is 2. The first-order chi connectivity index (χ1) is 13.0. The molecule has 0 aromatic heterocycles. The van der Waals surface area contributed by atoms with Crippen LogP contribution in [0.25, 0.3) is 0 Å². The number of benzene rings is 2. The van der Waals surface area contributed by atoms with Crippen molar-refractivity contribution >= 4 is 29.1 Å². The Morgan fingerprint density at radius 1 is 1.07 bits per heavy atom. The number of Topliss-reactive ketones (excluding diaryl/α,β-unsaturated/α-hetero) is 1. The van der Waals surface area contributed by atoms with Crippen molar-refractivity contribution in [2.75, 3.05) is 39.8 Å². The molecule has 5 heteroatoms. The van der Waals surface area contributed by atoms with Crippen molar-refractivity contribution in [3.8, 4) is 0 Å². The molecule has 2 aliphatic heterocycles. The maximum Gasteiger partial charge on any atom is 0.162 e. The summed E-state index contributed by atoms with van der Waals surface area (Å²) in [6.07, 6.45) is 0.539. The van der Waals surface area contributed by atoms with Gasteiger partial charge >= 0.3 is 0 Å². The van der Waals surface area contributed by atoms with Gasteiger partial charge in [0.05, 0.1) is 0 Å². The highest BCUT2D eigenvalue weighted by molar-refractivity contribution is 7.99. The molecule has 2 aromatic rings. The zero-order chi connectivity index (χ0) is 19.0. The van der Waals surface area contributed by atoms with Crippen LogP contribution in [0.4, 0.5) is 0 Å². The maximum atomic E-state index is 12.3. The molecule has 0 N–H and O–H groups in total. The van der Waals surface area contributed by atoms with Gasteiger partial charge in [0.2, 0.25) is 0 Å². The minimum Gasteiger partial charge on any atom is -0.304 e. The van der Waals surface area contributed by atoms with Gasteiger partial charge in [0.15, 0.2) is 5.78 Å². The number of likely N-dealkylation sites (N-methyl/N-ethyl adjacent to an activating group) is 1. The lowest BCUT2D eigenvalue weighted by molar-refractivity contribution is 0.0988. The molecule has 0 amide bonds. The van der Waals surface area contributed by atoms with Crippen LogP contribution < -0.4 is 0 Å². The van der Waals surface area contributed by atoms with E-state index in [0.29, 0.717) is 6.42 Å². The molecule has 1 saturated heterocycles. The number of carbonyl (C=O) groups is 1. The van der Waals surface area contributed by atoms with Gasteiger partial charge in [-0.15, -0.1) is 0 Å². The molecule has 0 spiro atoms. The fourth-order valence-corrected chi connectivity index (χ4v) is 5.27. The average Bonchev–Trinajstić information content (AvgIpc) is 2.69. The summed E-state index contributed by atoms with van der Waals surface area (Å²) >= 11 is 8.14. The van der Waals surface area contributed by atoms with E-state index in [-0.39, 0.29) is 11.7 Å². The Hall–Kier alpha value is -1.33. The van der Waals surface area contributed by atoms with Crippen LogP contribution in [0.5, 0.6) is 0 Å². The van der Waals surface area contributed by atoms with Crippen molar-refractivity contribution in [2.24, 2.45) is 0 Å². The second-order valence-corrected chi connectivity index (χ2v) is 8.99. The van der Waals surface area contributed by atoms with E-state index in [0.717, 1.165) is 43.3 Å². The summed E-state index contributed by atoms with van der Waals surface area (Å²) in [5, 5.41) is 0.780. The zero-order valence-electron chi connectivity index (χ0n) is 15.9. The molecule has 4 rings (SSSR count). The molecule has 1 atom stereocenters. The van der Waals surface area contributed by atoms with Gasteiger partial charge in [0.1, 0.15) is 0 Å². The third kappa shape index (κ3) is 3.95. The van der Waals surface area contributed by atoms with Crippen LogP contribution >= 0.6 is 23.4 Å². The van der Waals surface area contributed by atoms with E-state index in [1.165, 1.54) is 20.9 Å². The molecule has 1 unspecified atom stereocenters. The summed E-state index contributed by atoms with van der Waals surface area (Å²) in [4.78, 5) is 19.8. The van der Waals surface area contributed by atoms with E-state index in [9.17, 15) is 4.79 Å². The van der Waals surface area contributed by atoms with E-state index in [1.807, 2.05) is 19.1 Å². The van der Waals surface area contributed by atoms with Crippen molar-refractivity contribution in [2.45, 2.75) is 29.1 Å². The highest BCUT2D eigenvalue weighted by Crippen LogP contribution is 2.47. The highest BCUT2D eigenvalue weighted by atomic mass is 35.5. The summed E-state index contributed by atoms with van der Waals surface area (Å²) in [7, 11) is 2.18. The molecule has 0 saturated carbocycles. The van der Waals surface area contributed by atoms with Crippen molar-refractivity contribution in [3.63, 3.8) is 0 Å². The Bertz CT molecular complexity index is 861. The molecule has 27 heavy (non-hydrogen) atoms. The average molecular weight is 401 g/mol. The first-order valence-electron chi connectivity index (χ1n) is 9.60. The fraction of sp³-hybridized carbons (Fsp3) is 0.409. The van der Waals surface area contributed by atoms with E-state index >= 15 is 0 Å². The molecule has 2 aliphatic rings. The number of rotatable bonds is 4. The van der Waals surface area contributed by atoms with Gasteiger partial charge in [-0.3, -0.25) is 9.69 Å². The predicted molar refractivity (Wildman–Crippen MR) is 112 cm³/mol. The summed E-state index contributed by atoms with van der Waals surface area (Å²) in [5.41, 5.74) is 3.39. The lowest BCUT2D eigenvalue weighted by atomic mass is 9.88. The number of ketones is 1. The summed E-state index contributed by atoms with van der Waals surface area (Å²) in [5.74, 6) is 0.459. The number of halogens is 1. The quantitative estimate of drug-likeness (QED) is 0.689. The number of hydrogen-bond acceptors (Lipinski definition) is 4. The summed E-state index contributed by atoms with van der Waals surface area (Å²) in [6, 6.07) is 12.4. The van der Waals surface area contributed by atoms with Crippen LogP contribution in [-0.4, -0.2) is 55.4 Å². The number of carbonyl (C=O) groups excluding carboxylic acids is 1. The number of piperazine rings is 1. The second kappa shape index (κ2) is 7.96. The SMILES string of the molecule is CCC(=O)c1ccc2c(c1)C(CN1CCN(C)CC1)c1cc(Cl)ccc1S2. The van der Waals surface area contributed by atoms with Crippen molar-refractivity contribution in [1.29, 1.82) is 0 Å². The van der Waals surface area contributed by atoms with Crippen LogP contribution in [0, 0.1) is 0 Å². The molecule has 142 valence electrons. The summed E-state index contributed by atoms with van der Waals surface area (Å²) < 4.78 is 0. The Kier molecular flexibility index (Phi) is 5.60. The van der Waals surface area contributed by atoms with Crippen molar-refractivity contribution in [3.05, 3.63) is 58.1 Å². The second-order valence-electron chi connectivity index (χ2n) is 7.47. The standard InChI is InChI=1S/C22H25ClN2OS/c1-3-20(26)15-4-6-21-17(12-15)19(14-25-10-8-24(2)9-11-25)18-13-16(23)5-7-22(18)27-21/h4-7,12-13,19H,3,8-11,14H2,1-2H3. The van der Waals surface area contributed by atoms with Crippen LogP contribution in [0.2, 0.25) is 5.02 Å². The lowest BCUT2D eigenvalue weighted by Gasteiger charge is -2.37. The third-order valence-electron chi connectivity index (χ3n) is 5.63. The molecule has 2 aromatic carbocycles. The van der Waals surface area contributed by atoms with Gasteiger partial charge in [0, 0.05) is 65.4 Å². The Labute approximate surface area is 170 Å². The van der Waals surface area contributed by atoms with Gasteiger partial charge in [0.25, 0.3) is 0 Å². The largest absolute Gasteiger partial charge is 0.304 e.